The number of halogens is 2. The molecule has 1 nitrogen and oxygen atoms in total. The summed E-state index contributed by atoms with van der Waals surface area (Å²) in [5.41, 5.74) is 3.30. The van der Waals surface area contributed by atoms with Gasteiger partial charge in [0.15, 0.2) is 0 Å². The highest BCUT2D eigenvalue weighted by Crippen LogP contribution is 2.28. The lowest BCUT2D eigenvalue weighted by Crippen LogP contribution is -2.16. The molecule has 16 heavy (non-hydrogen) atoms. The van der Waals surface area contributed by atoms with E-state index in [9.17, 15) is 4.39 Å². The molecule has 1 aliphatic rings. The number of anilines is 1. The van der Waals surface area contributed by atoms with Gasteiger partial charge in [-0.1, -0.05) is 23.3 Å². The molecule has 1 N–H and O–H groups in total. The van der Waals surface area contributed by atoms with Gasteiger partial charge in [-0.25, -0.2) is 4.39 Å². The summed E-state index contributed by atoms with van der Waals surface area (Å²) < 4.78 is 13.4. The molecule has 0 saturated carbocycles. The van der Waals surface area contributed by atoms with Crippen LogP contribution >= 0.6 is 11.6 Å². The third-order valence-corrected chi connectivity index (χ3v) is 3.14. The Morgan fingerprint density at radius 1 is 1.38 bits per heavy atom. The van der Waals surface area contributed by atoms with Crippen LogP contribution in [0.2, 0.25) is 5.02 Å². The standard InChI is InChI=1S/C13H15ClFN/c1-8-3-4-10-6-11(14)12(15)7-13(10)16-9(2)5-8/h5-7,9,16H,3-4H2,1-2H3. The normalized spacial score (nSPS) is 20.2. The molecule has 1 aromatic carbocycles. The van der Waals surface area contributed by atoms with Crippen LogP contribution in [0.3, 0.4) is 0 Å². The van der Waals surface area contributed by atoms with Crippen molar-refractivity contribution in [3.63, 3.8) is 0 Å². The quantitative estimate of drug-likeness (QED) is 0.670. The Morgan fingerprint density at radius 3 is 2.88 bits per heavy atom. The fraction of sp³-hybridized carbons (Fsp3) is 0.385. The van der Waals surface area contributed by atoms with Crippen LogP contribution < -0.4 is 5.32 Å². The predicted octanol–water partition coefficient (Wildman–Crippen LogP) is 4.17. The van der Waals surface area contributed by atoms with Crippen molar-refractivity contribution in [2.24, 2.45) is 0 Å². The van der Waals surface area contributed by atoms with Crippen molar-refractivity contribution in [1.82, 2.24) is 0 Å². The lowest BCUT2D eigenvalue weighted by atomic mass is 9.99. The van der Waals surface area contributed by atoms with Crippen molar-refractivity contribution in [3.05, 3.63) is 40.2 Å². The Kier molecular flexibility index (Phi) is 3.20. The van der Waals surface area contributed by atoms with Crippen molar-refractivity contribution in [1.29, 1.82) is 0 Å². The van der Waals surface area contributed by atoms with Gasteiger partial charge < -0.3 is 5.32 Å². The third-order valence-electron chi connectivity index (χ3n) is 2.85. The van der Waals surface area contributed by atoms with Crippen LogP contribution in [0.1, 0.15) is 25.8 Å². The average molecular weight is 240 g/mol. The minimum atomic E-state index is -0.360. The summed E-state index contributed by atoms with van der Waals surface area (Å²) >= 11 is 5.80. The number of allylic oxidation sites excluding steroid dienone is 1. The molecule has 86 valence electrons. The van der Waals surface area contributed by atoms with Gasteiger partial charge in [0.1, 0.15) is 5.82 Å². The predicted molar refractivity (Wildman–Crippen MR) is 66.6 cm³/mol. The lowest BCUT2D eigenvalue weighted by molar-refractivity contribution is 0.627. The van der Waals surface area contributed by atoms with Gasteiger partial charge in [0, 0.05) is 11.7 Å². The number of aryl methyl sites for hydroxylation is 1. The second-order valence-electron chi connectivity index (χ2n) is 4.37. The fourth-order valence-electron chi connectivity index (χ4n) is 2.06. The maximum Gasteiger partial charge on any atom is 0.143 e. The van der Waals surface area contributed by atoms with Gasteiger partial charge in [-0.3, -0.25) is 0 Å². The van der Waals surface area contributed by atoms with E-state index in [1.165, 1.54) is 11.6 Å². The van der Waals surface area contributed by atoms with Gasteiger partial charge in [0.05, 0.1) is 5.02 Å². The highest BCUT2D eigenvalue weighted by atomic mass is 35.5. The van der Waals surface area contributed by atoms with Crippen molar-refractivity contribution < 1.29 is 4.39 Å². The maximum atomic E-state index is 13.4. The molecule has 0 aliphatic carbocycles. The lowest BCUT2D eigenvalue weighted by Gasteiger charge is -2.20. The fourth-order valence-corrected chi connectivity index (χ4v) is 2.24. The molecule has 0 saturated heterocycles. The molecule has 1 atom stereocenters. The molecule has 0 radical (unpaired) electrons. The molecule has 0 aromatic heterocycles. The van der Waals surface area contributed by atoms with Crippen LogP contribution in [0.15, 0.2) is 23.8 Å². The molecule has 0 amide bonds. The van der Waals surface area contributed by atoms with Crippen LogP contribution in [0, 0.1) is 5.82 Å². The Morgan fingerprint density at radius 2 is 2.12 bits per heavy atom. The zero-order valence-electron chi connectivity index (χ0n) is 9.48. The van der Waals surface area contributed by atoms with E-state index >= 15 is 0 Å². The van der Waals surface area contributed by atoms with Crippen molar-refractivity contribution in [3.8, 4) is 0 Å². The summed E-state index contributed by atoms with van der Waals surface area (Å²) in [7, 11) is 0. The number of nitrogens with one attached hydrogen (secondary N) is 1. The molecule has 2 rings (SSSR count). The van der Waals surface area contributed by atoms with Gasteiger partial charge in [0.2, 0.25) is 0 Å². The maximum absolute atomic E-state index is 13.4. The summed E-state index contributed by atoms with van der Waals surface area (Å²) in [4.78, 5) is 0. The largest absolute Gasteiger partial charge is 0.379 e. The first-order chi connectivity index (χ1) is 7.56. The van der Waals surface area contributed by atoms with E-state index in [-0.39, 0.29) is 16.9 Å². The molecule has 0 fully saturated rings. The Hall–Kier alpha value is -1.02. The zero-order chi connectivity index (χ0) is 11.7. The summed E-state index contributed by atoms with van der Waals surface area (Å²) in [6.45, 7) is 4.18. The van der Waals surface area contributed by atoms with Crippen molar-refractivity contribution >= 4 is 17.3 Å². The summed E-state index contributed by atoms with van der Waals surface area (Å²) in [5.74, 6) is -0.360. The molecule has 1 unspecified atom stereocenters. The average Bonchev–Trinajstić information content (AvgIpc) is 2.19. The molecule has 3 heteroatoms. The molecular formula is C13H15ClFN. The Bertz CT molecular complexity index is 440. The number of hydrogen-bond donors (Lipinski definition) is 1. The minimum Gasteiger partial charge on any atom is -0.379 e. The van der Waals surface area contributed by atoms with Gasteiger partial charge in [-0.2, -0.15) is 0 Å². The molecule has 0 bridgehead atoms. The Balaban J connectivity index is 2.40. The minimum absolute atomic E-state index is 0.204. The van der Waals surface area contributed by atoms with Crippen molar-refractivity contribution in [2.45, 2.75) is 32.7 Å². The molecule has 0 spiro atoms. The first-order valence-electron chi connectivity index (χ1n) is 5.48. The van der Waals surface area contributed by atoms with E-state index in [0.717, 1.165) is 24.1 Å². The van der Waals surface area contributed by atoms with Gasteiger partial charge in [-0.05, 0) is 44.4 Å². The summed E-state index contributed by atoms with van der Waals surface area (Å²) in [6, 6.07) is 3.44. The first-order valence-corrected chi connectivity index (χ1v) is 5.86. The monoisotopic (exact) mass is 239 g/mol. The van der Waals surface area contributed by atoms with Crippen LogP contribution in [0.5, 0.6) is 0 Å². The number of fused-ring (bicyclic) bond motifs is 1. The number of hydrogen-bond acceptors (Lipinski definition) is 1. The van der Waals surface area contributed by atoms with Gasteiger partial charge in [-0.15, -0.1) is 0 Å². The van der Waals surface area contributed by atoms with Crippen LogP contribution in [0.25, 0.3) is 0 Å². The molecule has 1 aliphatic heterocycles. The highest BCUT2D eigenvalue weighted by Gasteiger charge is 2.12. The van der Waals surface area contributed by atoms with E-state index in [4.69, 9.17) is 11.6 Å². The van der Waals surface area contributed by atoms with Crippen molar-refractivity contribution in [2.75, 3.05) is 5.32 Å². The van der Waals surface area contributed by atoms with Gasteiger partial charge in [0.25, 0.3) is 0 Å². The second-order valence-corrected chi connectivity index (χ2v) is 4.78. The molecule has 1 aromatic rings. The van der Waals surface area contributed by atoms with Crippen LogP contribution in [-0.4, -0.2) is 6.04 Å². The van der Waals surface area contributed by atoms with Crippen LogP contribution in [-0.2, 0) is 6.42 Å². The Labute approximate surface area is 100 Å². The first kappa shape index (κ1) is 11.5. The topological polar surface area (TPSA) is 12.0 Å². The van der Waals surface area contributed by atoms with E-state index in [2.05, 4.69) is 25.2 Å². The van der Waals surface area contributed by atoms with Crippen LogP contribution in [0.4, 0.5) is 10.1 Å². The summed E-state index contributed by atoms with van der Waals surface area (Å²) in [6.07, 6.45) is 4.08. The molecular weight excluding hydrogens is 225 g/mol. The van der Waals surface area contributed by atoms with E-state index in [1.807, 2.05) is 0 Å². The van der Waals surface area contributed by atoms with E-state index < -0.39 is 0 Å². The number of benzene rings is 1. The zero-order valence-corrected chi connectivity index (χ0v) is 10.2. The molecule has 1 heterocycles. The number of rotatable bonds is 0. The highest BCUT2D eigenvalue weighted by molar-refractivity contribution is 6.30. The SMILES string of the molecule is CC1=CC(C)Nc2cc(F)c(Cl)cc2CC1. The van der Waals surface area contributed by atoms with E-state index in [1.54, 1.807) is 6.07 Å². The van der Waals surface area contributed by atoms with E-state index in [0.29, 0.717) is 0 Å². The third kappa shape index (κ3) is 2.38. The smallest absolute Gasteiger partial charge is 0.143 e. The van der Waals surface area contributed by atoms with Gasteiger partial charge >= 0.3 is 0 Å². The summed E-state index contributed by atoms with van der Waals surface area (Å²) in [5, 5.41) is 3.49. The second kappa shape index (κ2) is 4.46.